The van der Waals surface area contributed by atoms with Crippen LogP contribution in [0.2, 0.25) is 0 Å². The molecule has 0 aromatic carbocycles. The maximum atomic E-state index is 9.78. The van der Waals surface area contributed by atoms with Crippen molar-refractivity contribution >= 4 is 5.71 Å². The summed E-state index contributed by atoms with van der Waals surface area (Å²) in [6.07, 6.45) is 2.29. The minimum Gasteiger partial charge on any atom is -0.380 e. The van der Waals surface area contributed by atoms with Gasteiger partial charge in [-0.1, -0.05) is 19.6 Å². The summed E-state index contributed by atoms with van der Waals surface area (Å²) in [7, 11) is 0. The Kier molecular flexibility index (Phi) is 4.18. The number of hydrogen-bond acceptors (Lipinski definition) is 2. The molecule has 0 spiro atoms. The minimum absolute atomic E-state index is 0.228. The summed E-state index contributed by atoms with van der Waals surface area (Å²) in [5.41, 5.74) is -0.147. The molecular weight excluding hydrogens is 150 g/mol. The van der Waals surface area contributed by atoms with Crippen LogP contribution in [-0.2, 0) is 0 Å². The van der Waals surface area contributed by atoms with Crippen molar-refractivity contribution in [1.29, 1.82) is 0 Å². The molecule has 0 amide bonds. The van der Waals surface area contributed by atoms with Crippen molar-refractivity contribution < 1.29 is 5.11 Å². The van der Waals surface area contributed by atoms with Gasteiger partial charge in [0, 0.05) is 11.8 Å². The van der Waals surface area contributed by atoms with Crippen LogP contribution in [0.5, 0.6) is 0 Å². The van der Waals surface area contributed by atoms with E-state index in [-0.39, 0.29) is 6.04 Å². The highest BCUT2D eigenvalue weighted by atomic mass is 16.3. The van der Waals surface area contributed by atoms with E-state index in [2.05, 4.69) is 11.6 Å². The molecule has 0 radical (unpaired) electrons. The van der Waals surface area contributed by atoms with Crippen LogP contribution < -0.4 is 0 Å². The normalized spacial score (nSPS) is 17.7. The average molecular weight is 169 g/mol. The predicted molar refractivity (Wildman–Crippen MR) is 53.7 cm³/mol. The quantitative estimate of drug-likeness (QED) is 0.508. The average Bonchev–Trinajstić information content (AvgIpc) is 1.99. The summed E-state index contributed by atoms with van der Waals surface area (Å²) in [4.78, 5) is 4.33. The van der Waals surface area contributed by atoms with Gasteiger partial charge in [-0.15, -0.1) is 0 Å². The fourth-order valence-electron chi connectivity index (χ4n) is 1.01. The molecule has 0 bridgehead atoms. The molecule has 0 saturated heterocycles. The minimum atomic E-state index is -0.945. The second kappa shape index (κ2) is 4.41. The monoisotopic (exact) mass is 169 g/mol. The van der Waals surface area contributed by atoms with Gasteiger partial charge in [-0.25, -0.2) is 0 Å². The van der Waals surface area contributed by atoms with E-state index < -0.39 is 5.60 Å². The lowest BCUT2D eigenvalue weighted by Gasteiger charge is -2.21. The number of rotatable bonds is 4. The molecule has 0 aliphatic rings. The molecule has 1 atom stereocenters. The molecule has 70 valence electrons. The van der Waals surface area contributed by atoms with Gasteiger partial charge in [-0.3, -0.25) is 4.99 Å². The first kappa shape index (κ1) is 11.4. The first-order valence-corrected chi connectivity index (χ1v) is 4.37. The molecule has 0 heterocycles. The van der Waals surface area contributed by atoms with Gasteiger partial charge in [0.1, 0.15) is 5.60 Å². The standard InChI is InChI=1S/C10H19NO/c1-6-9(11-8(3)4)10(5,12)7-2/h7-8,12H,2,6H2,1,3-5H3. The van der Waals surface area contributed by atoms with Crippen LogP contribution >= 0.6 is 0 Å². The fraction of sp³-hybridized carbons (Fsp3) is 0.700. The third kappa shape index (κ3) is 3.18. The van der Waals surface area contributed by atoms with Crippen molar-refractivity contribution in [2.24, 2.45) is 4.99 Å². The Labute approximate surface area is 75.0 Å². The highest BCUT2D eigenvalue weighted by Gasteiger charge is 2.21. The van der Waals surface area contributed by atoms with E-state index in [1.807, 2.05) is 20.8 Å². The molecule has 0 fully saturated rings. The molecular formula is C10H19NO. The maximum Gasteiger partial charge on any atom is 0.117 e. The van der Waals surface area contributed by atoms with Crippen LogP contribution in [0.25, 0.3) is 0 Å². The second-order valence-corrected chi connectivity index (χ2v) is 3.37. The van der Waals surface area contributed by atoms with Crippen LogP contribution in [0.3, 0.4) is 0 Å². The zero-order valence-corrected chi connectivity index (χ0v) is 8.46. The van der Waals surface area contributed by atoms with E-state index in [0.717, 1.165) is 12.1 Å². The summed E-state index contributed by atoms with van der Waals surface area (Å²) in [5, 5.41) is 9.78. The number of aliphatic hydroxyl groups is 1. The van der Waals surface area contributed by atoms with E-state index in [9.17, 15) is 5.11 Å². The number of aliphatic imine (C=N–C) groups is 1. The van der Waals surface area contributed by atoms with Crippen molar-refractivity contribution in [2.45, 2.75) is 45.8 Å². The van der Waals surface area contributed by atoms with Crippen LogP contribution in [0.1, 0.15) is 34.1 Å². The lowest BCUT2D eigenvalue weighted by atomic mass is 9.98. The first-order valence-electron chi connectivity index (χ1n) is 4.37. The van der Waals surface area contributed by atoms with Gasteiger partial charge in [0.2, 0.25) is 0 Å². The molecule has 1 N–H and O–H groups in total. The van der Waals surface area contributed by atoms with Crippen molar-refractivity contribution in [3.05, 3.63) is 12.7 Å². The summed E-state index contributed by atoms with van der Waals surface area (Å²) in [6, 6.07) is 0.228. The van der Waals surface area contributed by atoms with Crippen molar-refractivity contribution in [3.63, 3.8) is 0 Å². The van der Waals surface area contributed by atoms with E-state index in [1.54, 1.807) is 6.92 Å². The van der Waals surface area contributed by atoms with Crippen LogP contribution in [0.15, 0.2) is 17.6 Å². The summed E-state index contributed by atoms with van der Waals surface area (Å²) >= 11 is 0. The Hall–Kier alpha value is -0.630. The largest absolute Gasteiger partial charge is 0.380 e. The Morgan fingerprint density at radius 3 is 2.42 bits per heavy atom. The van der Waals surface area contributed by atoms with Gasteiger partial charge in [0.05, 0.1) is 0 Å². The molecule has 2 nitrogen and oxygen atoms in total. The van der Waals surface area contributed by atoms with E-state index >= 15 is 0 Å². The van der Waals surface area contributed by atoms with Crippen LogP contribution in [-0.4, -0.2) is 22.5 Å². The van der Waals surface area contributed by atoms with Crippen molar-refractivity contribution in [1.82, 2.24) is 0 Å². The third-order valence-corrected chi connectivity index (χ3v) is 1.73. The smallest absolute Gasteiger partial charge is 0.117 e. The Morgan fingerprint density at radius 2 is 2.17 bits per heavy atom. The second-order valence-electron chi connectivity index (χ2n) is 3.37. The van der Waals surface area contributed by atoms with Gasteiger partial charge >= 0.3 is 0 Å². The van der Waals surface area contributed by atoms with Crippen molar-refractivity contribution in [2.75, 3.05) is 0 Å². The topological polar surface area (TPSA) is 32.6 Å². The van der Waals surface area contributed by atoms with Gasteiger partial charge in [0.15, 0.2) is 0 Å². The Balaban J connectivity index is 4.66. The molecule has 0 aromatic heterocycles. The molecule has 0 rings (SSSR count). The van der Waals surface area contributed by atoms with E-state index in [1.165, 1.54) is 6.08 Å². The Morgan fingerprint density at radius 1 is 1.67 bits per heavy atom. The predicted octanol–water partition coefficient (Wildman–Crippen LogP) is 2.18. The van der Waals surface area contributed by atoms with Gasteiger partial charge in [0.25, 0.3) is 0 Å². The van der Waals surface area contributed by atoms with Crippen LogP contribution in [0, 0.1) is 0 Å². The molecule has 0 saturated carbocycles. The van der Waals surface area contributed by atoms with Crippen molar-refractivity contribution in [3.8, 4) is 0 Å². The molecule has 0 aliphatic heterocycles. The molecule has 0 aliphatic carbocycles. The van der Waals surface area contributed by atoms with Gasteiger partial charge in [-0.2, -0.15) is 0 Å². The van der Waals surface area contributed by atoms with Gasteiger partial charge in [-0.05, 0) is 27.2 Å². The number of hydrogen-bond donors (Lipinski definition) is 1. The molecule has 1 unspecified atom stereocenters. The maximum absolute atomic E-state index is 9.78. The number of nitrogens with zero attached hydrogens (tertiary/aromatic N) is 1. The molecule has 0 aromatic rings. The van der Waals surface area contributed by atoms with Crippen LogP contribution in [0.4, 0.5) is 0 Å². The first-order chi connectivity index (χ1) is 5.44. The highest BCUT2D eigenvalue weighted by molar-refractivity contribution is 5.93. The van der Waals surface area contributed by atoms with E-state index in [0.29, 0.717) is 0 Å². The fourth-order valence-corrected chi connectivity index (χ4v) is 1.01. The zero-order valence-electron chi connectivity index (χ0n) is 8.46. The molecule has 12 heavy (non-hydrogen) atoms. The van der Waals surface area contributed by atoms with E-state index in [4.69, 9.17) is 0 Å². The summed E-state index contributed by atoms with van der Waals surface area (Å²) in [5.74, 6) is 0. The SMILES string of the molecule is C=CC(C)(O)C(CC)=NC(C)C. The lowest BCUT2D eigenvalue weighted by Crippen LogP contribution is -2.32. The summed E-state index contributed by atoms with van der Waals surface area (Å²) < 4.78 is 0. The highest BCUT2D eigenvalue weighted by Crippen LogP contribution is 2.11. The molecule has 2 heteroatoms. The zero-order chi connectivity index (χ0) is 9.78. The Bertz CT molecular complexity index is 180. The third-order valence-electron chi connectivity index (χ3n) is 1.73. The lowest BCUT2D eigenvalue weighted by molar-refractivity contribution is 0.182. The summed E-state index contributed by atoms with van der Waals surface area (Å²) in [6.45, 7) is 11.3. The van der Waals surface area contributed by atoms with Gasteiger partial charge < -0.3 is 5.11 Å².